The van der Waals surface area contributed by atoms with Gasteiger partial charge in [-0.2, -0.15) is 18.3 Å². The molecule has 4 rings (SSSR count). The Morgan fingerprint density at radius 3 is 2.69 bits per heavy atom. The smallest absolute Gasteiger partial charge is 0.346 e. The molecule has 0 saturated heterocycles. The Hall–Kier alpha value is -2.65. The van der Waals surface area contributed by atoms with Crippen molar-refractivity contribution in [3.63, 3.8) is 0 Å². The van der Waals surface area contributed by atoms with Crippen molar-refractivity contribution < 1.29 is 18.0 Å². The Bertz CT molecular complexity index is 927. The number of alkyl halides is 3. The van der Waals surface area contributed by atoms with Gasteiger partial charge in [-0.1, -0.05) is 0 Å². The predicted molar refractivity (Wildman–Crippen MR) is 101 cm³/mol. The molecule has 1 aliphatic carbocycles. The summed E-state index contributed by atoms with van der Waals surface area (Å²) in [5.74, 6) is 1.68. The Balaban J connectivity index is 1.46. The van der Waals surface area contributed by atoms with Gasteiger partial charge in [0.1, 0.15) is 17.6 Å². The summed E-state index contributed by atoms with van der Waals surface area (Å²) in [4.78, 5) is 24.8. The van der Waals surface area contributed by atoms with Gasteiger partial charge in [0.15, 0.2) is 11.5 Å². The average Bonchev–Trinajstić information content (AvgIpc) is 3.33. The van der Waals surface area contributed by atoms with E-state index < -0.39 is 11.9 Å². The first-order valence-corrected chi connectivity index (χ1v) is 9.64. The first-order valence-electron chi connectivity index (χ1n) is 9.64. The molecule has 0 N–H and O–H groups in total. The molecule has 1 aliphatic heterocycles. The third kappa shape index (κ3) is 3.56. The molecule has 156 valence electrons. The molecular formula is C19H23F3N6O. The zero-order chi connectivity index (χ0) is 20.9. The van der Waals surface area contributed by atoms with Crippen LogP contribution in [0.15, 0.2) is 18.5 Å². The summed E-state index contributed by atoms with van der Waals surface area (Å²) in [7, 11) is 3.56. The number of carbonyl (C=O) groups excluding carboxylic acids is 1. The molecule has 0 bridgehead atoms. The van der Waals surface area contributed by atoms with Gasteiger partial charge in [0.2, 0.25) is 5.91 Å². The molecule has 2 aromatic rings. The maximum Gasteiger partial charge on any atom is 0.435 e. The molecule has 7 nitrogen and oxygen atoms in total. The van der Waals surface area contributed by atoms with Crippen LogP contribution in [0.3, 0.4) is 0 Å². The molecule has 1 amide bonds. The Morgan fingerprint density at radius 1 is 1.24 bits per heavy atom. The van der Waals surface area contributed by atoms with Crippen molar-refractivity contribution in [2.75, 3.05) is 23.9 Å². The number of likely N-dealkylation sites (N-methyl/N-ethyl adjacent to an activating group) is 2. The van der Waals surface area contributed by atoms with Crippen LogP contribution in [0.25, 0.3) is 0 Å². The third-order valence-electron chi connectivity index (χ3n) is 6.02. The Kier molecular flexibility index (Phi) is 4.74. The standard InChI is InChI=1S/C19H23F3N6O/c1-11-18(29)27(3)14-10-23-16(24-17(14)26(11)2)9-12-4-5-13(8-12)28-7-6-15(25-28)19(20,21)22/h6-7,10-13H,4-5,8-9H2,1-3H3/t11-,12-,13-/m0/s1. The SMILES string of the molecule is C[C@H]1C(=O)N(C)c2cnc(C[C@H]3CC[C@H](n4ccc(C(F)(F)F)n4)C3)nc2N1C. The van der Waals surface area contributed by atoms with Crippen LogP contribution in [0, 0.1) is 5.92 Å². The van der Waals surface area contributed by atoms with Crippen LogP contribution in [0.2, 0.25) is 0 Å². The van der Waals surface area contributed by atoms with E-state index in [-0.39, 0.29) is 23.9 Å². The summed E-state index contributed by atoms with van der Waals surface area (Å²) in [5, 5.41) is 3.71. The zero-order valence-electron chi connectivity index (χ0n) is 16.5. The quantitative estimate of drug-likeness (QED) is 0.781. The molecule has 3 heterocycles. The van der Waals surface area contributed by atoms with E-state index in [9.17, 15) is 18.0 Å². The zero-order valence-corrected chi connectivity index (χ0v) is 16.5. The van der Waals surface area contributed by atoms with Crippen LogP contribution in [0.1, 0.15) is 43.7 Å². The molecule has 0 unspecified atom stereocenters. The summed E-state index contributed by atoms with van der Waals surface area (Å²) in [6.45, 7) is 1.84. The molecule has 0 aromatic carbocycles. The second-order valence-corrected chi connectivity index (χ2v) is 7.89. The number of hydrogen-bond donors (Lipinski definition) is 0. The van der Waals surface area contributed by atoms with E-state index in [1.54, 1.807) is 18.1 Å². The lowest BCUT2D eigenvalue weighted by Gasteiger charge is -2.36. The van der Waals surface area contributed by atoms with Gasteiger partial charge in [0.25, 0.3) is 0 Å². The van der Waals surface area contributed by atoms with Gasteiger partial charge < -0.3 is 9.80 Å². The van der Waals surface area contributed by atoms with Crippen LogP contribution in [-0.2, 0) is 17.4 Å². The summed E-state index contributed by atoms with van der Waals surface area (Å²) >= 11 is 0. The number of aromatic nitrogens is 4. The van der Waals surface area contributed by atoms with Crippen LogP contribution in [-0.4, -0.2) is 45.8 Å². The van der Waals surface area contributed by atoms with E-state index in [1.807, 2.05) is 18.9 Å². The highest BCUT2D eigenvalue weighted by molar-refractivity contribution is 6.03. The summed E-state index contributed by atoms with van der Waals surface area (Å²) in [5.41, 5.74) is -0.172. The highest BCUT2D eigenvalue weighted by atomic mass is 19.4. The van der Waals surface area contributed by atoms with Gasteiger partial charge >= 0.3 is 6.18 Å². The van der Waals surface area contributed by atoms with E-state index in [2.05, 4.69) is 15.1 Å². The third-order valence-corrected chi connectivity index (χ3v) is 6.02. The summed E-state index contributed by atoms with van der Waals surface area (Å²) in [6, 6.07) is 0.684. The molecule has 1 fully saturated rings. The molecule has 10 heteroatoms. The Labute approximate surface area is 166 Å². The second kappa shape index (κ2) is 7.00. The van der Waals surface area contributed by atoms with E-state index in [0.717, 1.165) is 31.1 Å². The number of amides is 1. The van der Waals surface area contributed by atoms with Crippen molar-refractivity contribution in [3.05, 3.63) is 30.0 Å². The maximum atomic E-state index is 12.8. The van der Waals surface area contributed by atoms with Gasteiger partial charge in [0, 0.05) is 26.7 Å². The number of nitrogens with zero attached hydrogens (tertiary/aromatic N) is 6. The topological polar surface area (TPSA) is 67.2 Å². The molecule has 2 aliphatic rings. The molecule has 2 aromatic heterocycles. The van der Waals surface area contributed by atoms with Crippen LogP contribution >= 0.6 is 0 Å². The molecule has 3 atom stereocenters. The highest BCUT2D eigenvalue weighted by Gasteiger charge is 2.36. The van der Waals surface area contributed by atoms with Gasteiger partial charge in [-0.3, -0.25) is 9.48 Å². The molecule has 0 radical (unpaired) electrons. The second-order valence-electron chi connectivity index (χ2n) is 7.89. The molecular weight excluding hydrogens is 385 g/mol. The first-order chi connectivity index (χ1) is 13.6. The molecule has 0 spiro atoms. The van der Waals surface area contributed by atoms with Crippen molar-refractivity contribution >= 4 is 17.4 Å². The van der Waals surface area contributed by atoms with E-state index in [0.29, 0.717) is 17.9 Å². The van der Waals surface area contributed by atoms with Crippen molar-refractivity contribution in [1.29, 1.82) is 0 Å². The number of fused-ring (bicyclic) bond motifs is 1. The minimum atomic E-state index is -4.42. The lowest BCUT2D eigenvalue weighted by atomic mass is 10.0. The van der Waals surface area contributed by atoms with Crippen LogP contribution in [0.4, 0.5) is 24.7 Å². The highest BCUT2D eigenvalue weighted by Crippen LogP contribution is 2.38. The fraction of sp³-hybridized carbons (Fsp3) is 0.579. The normalized spacial score (nSPS) is 24.9. The lowest BCUT2D eigenvalue weighted by molar-refractivity contribution is -0.141. The van der Waals surface area contributed by atoms with Crippen molar-refractivity contribution in [3.8, 4) is 0 Å². The van der Waals surface area contributed by atoms with E-state index >= 15 is 0 Å². The van der Waals surface area contributed by atoms with Gasteiger partial charge in [-0.05, 0) is 38.2 Å². The number of rotatable bonds is 3. The number of carbonyl (C=O) groups is 1. The average molecular weight is 408 g/mol. The van der Waals surface area contributed by atoms with Crippen molar-refractivity contribution in [2.24, 2.45) is 5.92 Å². The fourth-order valence-corrected chi connectivity index (χ4v) is 4.17. The fourth-order valence-electron chi connectivity index (χ4n) is 4.17. The minimum Gasteiger partial charge on any atom is -0.346 e. The number of hydrogen-bond acceptors (Lipinski definition) is 5. The van der Waals surface area contributed by atoms with E-state index in [1.165, 1.54) is 10.9 Å². The lowest BCUT2D eigenvalue weighted by Crippen LogP contribution is -2.49. The summed E-state index contributed by atoms with van der Waals surface area (Å²) < 4.78 is 39.8. The first kappa shape index (κ1) is 19.7. The van der Waals surface area contributed by atoms with Crippen molar-refractivity contribution in [2.45, 2.75) is 50.9 Å². The largest absolute Gasteiger partial charge is 0.435 e. The van der Waals surface area contributed by atoms with E-state index in [4.69, 9.17) is 0 Å². The van der Waals surface area contributed by atoms with Crippen LogP contribution < -0.4 is 9.80 Å². The summed E-state index contributed by atoms with van der Waals surface area (Å²) in [6.07, 6.45) is 1.72. The van der Waals surface area contributed by atoms with Gasteiger partial charge in [0.05, 0.1) is 12.2 Å². The van der Waals surface area contributed by atoms with Crippen LogP contribution in [0.5, 0.6) is 0 Å². The van der Waals surface area contributed by atoms with Gasteiger partial charge in [-0.15, -0.1) is 0 Å². The van der Waals surface area contributed by atoms with Crippen molar-refractivity contribution in [1.82, 2.24) is 19.7 Å². The minimum absolute atomic E-state index is 0.00701. The van der Waals surface area contributed by atoms with Gasteiger partial charge in [-0.25, -0.2) is 9.97 Å². The monoisotopic (exact) mass is 408 g/mol. The molecule has 1 saturated carbocycles. The number of halogens is 3. The number of anilines is 2. The Morgan fingerprint density at radius 2 is 2.00 bits per heavy atom. The molecule has 29 heavy (non-hydrogen) atoms. The maximum absolute atomic E-state index is 12.8. The predicted octanol–water partition coefficient (Wildman–Crippen LogP) is 3.08.